The van der Waals surface area contributed by atoms with E-state index in [0.29, 0.717) is 64.4 Å². The molecule has 0 aromatic rings. The fourth-order valence-electron chi connectivity index (χ4n) is 12.2. The van der Waals surface area contributed by atoms with Gasteiger partial charge in [-0.3, -0.25) is 9.59 Å². The molecule has 5 heterocycles. The van der Waals surface area contributed by atoms with Crippen LogP contribution in [0.2, 0.25) is 0 Å². The van der Waals surface area contributed by atoms with E-state index in [1.165, 1.54) is 32.1 Å². The van der Waals surface area contributed by atoms with Crippen molar-refractivity contribution in [2.75, 3.05) is 6.61 Å². The number of nitrogens with one attached hydrogen (secondary N) is 1. The molecule has 18 atom stereocenters. The SMILES string of the molecule is CCCCCCCCCCOC(=O)NC1C=C[C@]2(O[C@H](C(CC)C(=O)[C@@H](C)[C@@H](O)[C@H](C)[C@@H]3O[C@@H]([C@@H](CC)C(=O)O)CC[C@@H]3C)[C@@H](C)C[C@H]2C)O[C@@]12CC[C@@](C)([C@H]1CC[C@](O)(CC)[C@H](C)O1)O2. The third-order valence-corrected chi connectivity index (χ3v) is 17.0. The zero-order chi connectivity index (χ0) is 48.6. The Balaban J connectivity index is 1.34. The van der Waals surface area contributed by atoms with Crippen LogP contribution in [0.4, 0.5) is 4.79 Å². The second kappa shape index (κ2) is 23.7. The van der Waals surface area contributed by atoms with Gasteiger partial charge in [-0.2, -0.15) is 0 Å². The second-order valence-corrected chi connectivity index (χ2v) is 21.7. The quantitative estimate of drug-likeness (QED) is 0.0597. The molecular weight excluding hydrogens is 843 g/mol. The predicted molar refractivity (Wildman–Crippen MR) is 254 cm³/mol. The van der Waals surface area contributed by atoms with Crippen molar-refractivity contribution in [3.05, 3.63) is 12.2 Å². The molecule has 0 aromatic carbocycles. The van der Waals surface area contributed by atoms with Gasteiger partial charge < -0.3 is 49.1 Å². The smallest absolute Gasteiger partial charge is 0.407 e. The Kier molecular flexibility index (Phi) is 19.6. The molecular formula is C53H91NO12. The van der Waals surface area contributed by atoms with Gasteiger partial charge in [-0.05, 0) is 96.0 Å². The summed E-state index contributed by atoms with van der Waals surface area (Å²) in [5.74, 6) is -6.05. The molecule has 5 aliphatic heterocycles. The minimum absolute atomic E-state index is 0.0231. The average molecular weight is 934 g/mol. The number of aliphatic hydroxyl groups excluding tert-OH is 1. The summed E-state index contributed by atoms with van der Waals surface area (Å²) in [6, 6.07) is -0.717. The van der Waals surface area contributed by atoms with Crippen molar-refractivity contribution >= 4 is 17.8 Å². The number of carbonyl (C=O) groups is 3. The van der Waals surface area contributed by atoms with Gasteiger partial charge in [0.15, 0.2) is 11.6 Å². The summed E-state index contributed by atoms with van der Waals surface area (Å²) in [4.78, 5) is 40.3. The standard InChI is InChI=1S/C53H91NO12/c1-12-16-17-18-19-20-21-22-31-61-49(59)54-42-25-28-52(66-53(42)30-29-50(11,65-53)43-26-27-51(60,15-4)38(10)62-43)35(7)32-34(6)47(64-52)40(14-3)45(56)36(8)44(55)37(9)46-33(5)23-24-41(63-46)39(13-2)48(57)58/h25,28,33-44,46-47,55,60H,12-24,26-27,29-32H2,1-11H3,(H,54,59)(H,57,58)/t33-,34-,35+,36-,37-,38-,39+,40?,41+,42?,43+,44+,46+,47-,50-,51+,52-,53-/m0/s1. The lowest BCUT2D eigenvalue weighted by Crippen LogP contribution is -2.65. The summed E-state index contributed by atoms with van der Waals surface area (Å²) in [5, 5.41) is 36.1. The highest BCUT2D eigenvalue weighted by Gasteiger charge is 2.63. The fraction of sp³-hybridized carbons (Fsp3) is 0.906. The number of rotatable bonds is 22. The maximum atomic E-state index is 14.7. The highest BCUT2D eigenvalue weighted by atomic mass is 16.8. The molecule has 0 aromatic heterocycles. The molecule has 0 saturated carbocycles. The summed E-state index contributed by atoms with van der Waals surface area (Å²) in [6.07, 6.45) is 15.1. The van der Waals surface area contributed by atoms with Gasteiger partial charge in [0.25, 0.3) is 0 Å². The van der Waals surface area contributed by atoms with E-state index in [1.807, 2.05) is 53.7 Å². The zero-order valence-corrected chi connectivity index (χ0v) is 42.7. The molecule has 1 amide bonds. The first-order valence-corrected chi connectivity index (χ1v) is 26.4. The molecule has 0 radical (unpaired) electrons. The lowest BCUT2D eigenvalue weighted by atomic mass is 9.72. The highest BCUT2D eigenvalue weighted by molar-refractivity contribution is 5.84. The average Bonchev–Trinajstić information content (AvgIpc) is 3.63. The van der Waals surface area contributed by atoms with Gasteiger partial charge >= 0.3 is 12.1 Å². The van der Waals surface area contributed by atoms with Gasteiger partial charge in [0.1, 0.15) is 11.8 Å². The van der Waals surface area contributed by atoms with Crippen LogP contribution in [0.3, 0.4) is 0 Å². The fourth-order valence-corrected chi connectivity index (χ4v) is 12.2. The van der Waals surface area contributed by atoms with Crippen LogP contribution in [0.5, 0.6) is 0 Å². The summed E-state index contributed by atoms with van der Waals surface area (Å²) in [6.45, 7) is 22.3. The van der Waals surface area contributed by atoms with Gasteiger partial charge in [-0.25, -0.2) is 4.79 Å². The summed E-state index contributed by atoms with van der Waals surface area (Å²) < 4.78 is 40.4. The van der Waals surface area contributed by atoms with Crippen molar-refractivity contribution in [3.63, 3.8) is 0 Å². The minimum atomic E-state index is -1.36. The number of Topliss-reactive ketones (excluding diaryl/α,β-unsaturated/α-hetero) is 1. The normalized spacial score (nSPS) is 39.3. The number of unbranched alkanes of at least 4 members (excludes halogenated alkanes) is 7. The number of hydrogen-bond donors (Lipinski definition) is 4. The Labute approximate surface area is 397 Å². The number of carboxylic acids is 1. The molecule has 380 valence electrons. The number of aliphatic carboxylic acids is 1. The second-order valence-electron chi connectivity index (χ2n) is 21.7. The number of aliphatic hydroxyl groups is 2. The summed E-state index contributed by atoms with van der Waals surface area (Å²) in [5.41, 5.74) is -1.72. The van der Waals surface area contributed by atoms with Crippen LogP contribution in [0.1, 0.15) is 192 Å². The van der Waals surface area contributed by atoms with Gasteiger partial charge in [0.2, 0.25) is 0 Å². The molecule has 13 heteroatoms. The van der Waals surface area contributed by atoms with E-state index in [4.69, 9.17) is 28.4 Å². The molecule has 0 aliphatic carbocycles. The number of hydrogen-bond acceptors (Lipinski definition) is 11. The molecule has 4 fully saturated rings. The third kappa shape index (κ3) is 12.2. The van der Waals surface area contributed by atoms with Crippen LogP contribution >= 0.6 is 0 Å². The molecule has 2 spiro atoms. The van der Waals surface area contributed by atoms with Crippen LogP contribution in [-0.4, -0.2) is 105 Å². The Morgan fingerprint density at radius 1 is 0.818 bits per heavy atom. The van der Waals surface area contributed by atoms with E-state index < -0.39 is 95.1 Å². The van der Waals surface area contributed by atoms with Crippen LogP contribution < -0.4 is 5.32 Å². The molecule has 13 nitrogen and oxygen atoms in total. The van der Waals surface area contributed by atoms with Crippen molar-refractivity contribution in [1.29, 1.82) is 0 Å². The van der Waals surface area contributed by atoms with Crippen LogP contribution in [0.15, 0.2) is 12.2 Å². The van der Waals surface area contributed by atoms with Crippen LogP contribution in [-0.2, 0) is 38.0 Å². The van der Waals surface area contributed by atoms with Crippen molar-refractivity contribution < 1.29 is 58.1 Å². The van der Waals surface area contributed by atoms with Gasteiger partial charge in [-0.1, -0.05) is 113 Å². The van der Waals surface area contributed by atoms with E-state index >= 15 is 0 Å². The number of amides is 1. The number of alkyl carbamates (subject to hydrolysis) is 1. The number of ketones is 1. The summed E-state index contributed by atoms with van der Waals surface area (Å²) >= 11 is 0. The van der Waals surface area contributed by atoms with Crippen molar-refractivity contribution in [1.82, 2.24) is 5.32 Å². The van der Waals surface area contributed by atoms with Gasteiger partial charge in [0.05, 0.1) is 60.4 Å². The number of carbonyl (C=O) groups excluding carboxylic acids is 2. The largest absolute Gasteiger partial charge is 0.481 e. The number of carboxylic acid groups (broad SMARTS) is 1. The Bertz CT molecular complexity index is 1610. The third-order valence-electron chi connectivity index (χ3n) is 17.0. The maximum Gasteiger partial charge on any atom is 0.407 e. The van der Waals surface area contributed by atoms with Crippen LogP contribution in [0, 0.1) is 41.4 Å². The first kappa shape index (κ1) is 54.8. The molecule has 5 rings (SSSR count). The van der Waals surface area contributed by atoms with E-state index in [1.54, 1.807) is 6.92 Å². The van der Waals surface area contributed by atoms with E-state index in [2.05, 4.69) is 33.0 Å². The lowest BCUT2D eigenvalue weighted by molar-refractivity contribution is -0.398. The topological polar surface area (TPSA) is 179 Å². The molecule has 66 heavy (non-hydrogen) atoms. The monoisotopic (exact) mass is 934 g/mol. The van der Waals surface area contributed by atoms with Crippen LogP contribution in [0.25, 0.3) is 0 Å². The zero-order valence-electron chi connectivity index (χ0n) is 42.7. The lowest BCUT2D eigenvalue weighted by Gasteiger charge is -2.55. The van der Waals surface area contributed by atoms with Crippen molar-refractivity contribution in [2.24, 2.45) is 41.4 Å². The molecule has 5 aliphatic rings. The molecule has 4 N–H and O–H groups in total. The first-order chi connectivity index (χ1) is 31.2. The van der Waals surface area contributed by atoms with Crippen molar-refractivity contribution in [3.8, 4) is 0 Å². The molecule has 2 unspecified atom stereocenters. The Hall–Kier alpha value is -2.13. The number of ether oxygens (including phenoxy) is 6. The summed E-state index contributed by atoms with van der Waals surface area (Å²) in [7, 11) is 0. The predicted octanol–water partition coefficient (Wildman–Crippen LogP) is 10.1. The van der Waals surface area contributed by atoms with Crippen molar-refractivity contribution in [2.45, 2.75) is 257 Å². The Morgan fingerprint density at radius 2 is 1.48 bits per heavy atom. The van der Waals surface area contributed by atoms with E-state index in [9.17, 15) is 29.7 Å². The molecule has 0 bridgehead atoms. The molecule has 4 saturated heterocycles. The maximum absolute atomic E-state index is 14.7. The van der Waals surface area contributed by atoms with Gasteiger partial charge in [0, 0.05) is 30.1 Å². The minimum Gasteiger partial charge on any atom is -0.481 e. The van der Waals surface area contributed by atoms with E-state index in [-0.39, 0.29) is 29.6 Å². The first-order valence-electron chi connectivity index (χ1n) is 26.4. The van der Waals surface area contributed by atoms with E-state index in [0.717, 1.165) is 25.7 Å². The highest BCUT2D eigenvalue weighted by Crippen LogP contribution is 2.54. The van der Waals surface area contributed by atoms with Gasteiger partial charge in [-0.15, -0.1) is 0 Å². The Morgan fingerprint density at radius 3 is 2.11 bits per heavy atom.